The van der Waals surface area contributed by atoms with Gasteiger partial charge in [0.15, 0.2) is 17.3 Å². The van der Waals surface area contributed by atoms with E-state index < -0.39 is 5.82 Å². The zero-order valence-corrected chi connectivity index (χ0v) is 8.18. The first-order chi connectivity index (χ1) is 7.29. The average Bonchev–Trinajstić information content (AvgIpc) is 2.26. The lowest BCUT2D eigenvalue weighted by molar-refractivity contribution is 0.287. The summed E-state index contributed by atoms with van der Waals surface area (Å²) < 4.78 is 23.2. The van der Waals surface area contributed by atoms with Crippen LogP contribution in [-0.4, -0.2) is 20.3 Å². The minimum absolute atomic E-state index is 0.0353. The Morgan fingerprint density at radius 2 is 2.33 bits per heavy atom. The van der Waals surface area contributed by atoms with Gasteiger partial charge in [-0.1, -0.05) is 11.2 Å². The summed E-state index contributed by atoms with van der Waals surface area (Å²) in [6.07, 6.45) is 0. The number of benzene rings is 1. The van der Waals surface area contributed by atoms with Crippen molar-refractivity contribution in [2.24, 2.45) is 5.11 Å². The molecule has 5 nitrogen and oxygen atoms in total. The normalized spacial score (nSPS) is 9.20. The molecule has 1 aromatic carbocycles. The van der Waals surface area contributed by atoms with Crippen LogP contribution >= 0.6 is 0 Å². The summed E-state index contributed by atoms with van der Waals surface area (Å²) >= 11 is 0. The van der Waals surface area contributed by atoms with E-state index in [2.05, 4.69) is 10.0 Å². The van der Waals surface area contributed by atoms with Gasteiger partial charge in [0, 0.05) is 4.91 Å². The molecule has 0 spiro atoms. The van der Waals surface area contributed by atoms with Crippen LogP contribution in [0.5, 0.6) is 11.5 Å². The van der Waals surface area contributed by atoms with Crippen LogP contribution in [0.4, 0.5) is 4.39 Å². The molecule has 0 saturated carbocycles. The van der Waals surface area contributed by atoms with E-state index in [0.29, 0.717) is 5.75 Å². The second-order valence-electron chi connectivity index (χ2n) is 2.57. The number of methoxy groups -OCH3 is 1. The maximum atomic E-state index is 13.2. The van der Waals surface area contributed by atoms with E-state index in [9.17, 15) is 4.39 Å². The van der Waals surface area contributed by atoms with E-state index in [-0.39, 0.29) is 18.9 Å². The van der Waals surface area contributed by atoms with Crippen molar-refractivity contribution in [3.8, 4) is 11.5 Å². The zero-order chi connectivity index (χ0) is 11.1. The number of hydrogen-bond acceptors (Lipinski definition) is 3. The minimum atomic E-state index is -0.504. The summed E-state index contributed by atoms with van der Waals surface area (Å²) in [6, 6.07) is 4.38. The maximum absolute atomic E-state index is 13.2. The van der Waals surface area contributed by atoms with Gasteiger partial charge in [-0.25, -0.2) is 4.39 Å². The van der Waals surface area contributed by atoms with E-state index in [1.165, 1.54) is 19.2 Å². The monoisotopic (exact) mass is 211 g/mol. The van der Waals surface area contributed by atoms with Gasteiger partial charge in [-0.05, 0) is 17.7 Å². The number of nitrogens with zero attached hydrogens (tertiary/aromatic N) is 3. The zero-order valence-electron chi connectivity index (χ0n) is 8.18. The molecule has 15 heavy (non-hydrogen) atoms. The standard InChI is InChI=1S/C9H10FN3O2/c1-14-8-4-2-3-7(10)9(8)15-6-5-12-13-11/h2-4H,5-6H2,1H3. The van der Waals surface area contributed by atoms with Crippen LogP contribution in [0.2, 0.25) is 0 Å². The fraction of sp³-hybridized carbons (Fsp3) is 0.333. The smallest absolute Gasteiger partial charge is 0.197 e. The third-order valence-corrected chi connectivity index (χ3v) is 1.65. The Morgan fingerprint density at radius 1 is 1.53 bits per heavy atom. The molecule has 0 saturated heterocycles. The highest BCUT2D eigenvalue weighted by Gasteiger charge is 2.09. The predicted molar refractivity (Wildman–Crippen MR) is 52.5 cm³/mol. The molecule has 6 heteroatoms. The molecule has 0 aliphatic carbocycles. The molecule has 0 aromatic heterocycles. The van der Waals surface area contributed by atoms with Gasteiger partial charge < -0.3 is 9.47 Å². The van der Waals surface area contributed by atoms with Gasteiger partial charge in [0.25, 0.3) is 0 Å². The number of hydrogen-bond donors (Lipinski definition) is 0. The van der Waals surface area contributed by atoms with Gasteiger partial charge in [-0.3, -0.25) is 0 Å². The number of rotatable bonds is 5. The fourth-order valence-corrected chi connectivity index (χ4v) is 1.02. The third kappa shape index (κ3) is 3.03. The highest BCUT2D eigenvalue weighted by molar-refractivity contribution is 5.40. The first-order valence-corrected chi connectivity index (χ1v) is 4.25. The molecular weight excluding hydrogens is 201 g/mol. The molecule has 0 aliphatic heterocycles. The van der Waals surface area contributed by atoms with Crippen LogP contribution < -0.4 is 9.47 Å². The first-order valence-electron chi connectivity index (χ1n) is 4.25. The lowest BCUT2D eigenvalue weighted by Gasteiger charge is -2.09. The molecular formula is C9H10FN3O2. The van der Waals surface area contributed by atoms with E-state index >= 15 is 0 Å². The molecule has 0 amide bonds. The van der Waals surface area contributed by atoms with Gasteiger partial charge in [-0.15, -0.1) is 0 Å². The molecule has 0 unspecified atom stereocenters. The van der Waals surface area contributed by atoms with Gasteiger partial charge in [0.2, 0.25) is 0 Å². The van der Waals surface area contributed by atoms with E-state index in [1.54, 1.807) is 6.07 Å². The summed E-state index contributed by atoms with van der Waals surface area (Å²) in [5.74, 6) is -0.153. The number of para-hydroxylation sites is 1. The minimum Gasteiger partial charge on any atom is -0.493 e. The van der Waals surface area contributed by atoms with Crippen molar-refractivity contribution in [1.29, 1.82) is 0 Å². The Bertz CT molecular complexity index is 378. The Hall–Kier alpha value is -1.94. The molecule has 0 fully saturated rings. The highest BCUT2D eigenvalue weighted by Crippen LogP contribution is 2.29. The summed E-state index contributed by atoms with van der Waals surface area (Å²) in [5.41, 5.74) is 8.02. The second kappa shape index (κ2) is 5.72. The van der Waals surface area contributed by atoms with Gasteiger partial charge >= 0.3 is 0 Å². The second-order valence-corrected chi connectivity index (χ2v) is 2.57. The largest absolute Gasteiger partial charge is 0.493 e. The molecule has 0 aliphatic rings. The van der Waals surface area contributed by atoms with Crippen LogP contribution in [0.25, 0.3) is 10.4 Å². The Morgan fingerprint density at radius 3 is 3.00 bits per heavy atom. The SMILES string of the molecule is COc1cccc(F)c1OCCN=[N+]=[N-]. The van der Waals surface area contributed by atoms with Gasteiger partial charge in [0.1, 0.15) is 0 Å². The molecule has 0 atom stereocenters. The Balaban J connectivity index is 2.69. The van der Waals surface area contributed by atoms with Crippen molar-refractivity contribution in [1.82, 2.24) is 0 Å². The molecule has 0 bridgehead atoms. The molecule has 0 heterocycles. The molecule has 0 radical (unpaired) electrons. The van der Waals surface area contributed by atoms with Crippen LogP contribution in [0, 0.1) is 5.82 Å². The van der Waals surface area contributed by atoms with Crippen LogP contribution in [0.1, 0.15) is 0 Å². The highest BCUT2D eigenvalue weighted by atomic mass is 19.1. The summed E-state index contributed by atoms with van der Waals surface area (Å²) in [5, 5.41) is 3.26. The van der Waals surface area contributed by atoms with Crippen molar-refractivity contribution in [3.05, 3.63) is 34.5 Å². The van der Waals surface area contributed by atoms with Crippen LogP contribution in [0.3, 0.4) is 0 Å². The summed E-state index contributed by atoms with van der Waals surface area (Å²) in [7, 11) is 1.43. The predicted octanol–water partition coefficient (Wildman–Crippen LogP) is 2.52. The van der Waals surface area contributed by atoms with Crippen molar-refractivity contribution < 1.29 is 13.9 Å². The van der Waals surface area contributed by atoms with E-state index in [4.69, 9.17) is 15.0 Å². The summed E-state index contributed by atoms with van der Waals surface area (Å²) in [6.45, 7) is 0.259. The first kappa shape index (κ1) is 11.1. The van der Waals surface area contributed by atoms with Crippen LogP contribution in [0.15, 0.2) is 23.3 Å². The van der Waals surface area contributed by atoms with E-state index in [1.807, 2.05) is 0 Å². The maximum Gasteiger partial charge on any atom is 0.197 e. The molecule has 80 valence electrons. The third-order valence-electron chi connectivity index (χ3n) is 1.65. The molecule has 1 aromatic rings. The topological polar surface area (TPSA) is 67.2 Å². The van der Waals surface area contributed by atoms with E-state index in [0.717, 1.165) is 0 Å². The number of halogens is 1. The number of ether oxygens (including phenoxy) is 2. The van der Waals surface area contributed by atoms with Crippen molar-refractivity contribution in [3.63, 3.8) is 0 Å². The molecule has 1 rings (SSSR count). The lowest BCUT2D eigenvalue weighted by Crippen LogP contribution is -2.03. The van der Waals surface area contributed by atoms with Crippen LogP contribution in [-0.2, 0) is 0 Å². The van der Waals surface area contributed by atoms with Crippen molar-refractivity contribution in [2.45, 2.75) is 0 Å². The quantitative estimate of drug-likeness (QED) is 0.325. The van der Waals surface area contributed by atoms with Crippen molar-refractivity contribution >= 4 is 0 Å². The fourth-order valence-electron chi connectivity index (χ4n) is 1.02. The average molecular weight is 211 g/mol. The van der Waals surface area contributed by atoms with Gasteiger partial charge in [0.05, 0.1) is 20.3 Å². The Kier molecular flexibility index (Phi) is 4.25. The number of azide groups is 1. The van der Waals surface area contributed by atoms with Gasteiger partial charge in [-0.2, -0.15) is 0 Å². The van der Waals surface area contributed by atoms with Crippen molar-refractivity contribution in [2.75, 3.05) is 20.3 Å². The molecule has 0 N–H and O–H groups in total. The lowest BCUT2D eigenvalue weighted by atomic mass is 10.3. The Labute approximate surface area is 86.1 Å². The summed E-state index contributed by atoms with van der Waals surface area (Å²) in [4.78, 5) is 2.55.